The molecule has 118 valence electrons. The molecule has 1 saturated carbocycles. The van der Waals surface area contributed by atoms with Crippen LogP contribution in [0.25, 0.3) is 0 Å². The van der Waals surface area contributed by atoms with Crippen LogP contribution in [0.4, 0.5) is 0 Å². The third-order valence-electron chi connectivity index (χ3n) is 5.09. The number of nitrogens with zero attached hydrogens (tertiary/aromatic N) is 1. The Balaban J connectivity index is 1.27. The molecule has 4 heteroatoms. The number of aromatic nitrogens is 2. The number of rotatable bonds is 6. The molecular weight excluding hydrogens is 262 g/mol. The van der Waals surface area contributed by atoms with Gasteiger partial charge in [0, 0.05) is 6.04 Å². The largest absolute Gasteiger partial charge is 0.370 e. The van der Waals surface area contributed by atoms with Crippen molar-refractivity contribution in [2.45, 2.75) is 69.9 Å². The monoisotopic (exact) mass is 291 g/mol. The first kappa shape index (κ1) is 15.0. The van der Waals surface area contributed by atoms with Gasteiger partial charge in [0.05, 0.1) is 30.9 Å². The lowest BCUT2D eigenvalue weighted by molar-refractivity contribution is -0.00617. The zero-order valence-corrected chi connectivity index (χ0v) is 13.0. The van der Waals surface area contributed by atoms with Gasteiger partial charge in [0.25, 0.3) is 0 Å². The summed E-state index contributed by atoms with van der Waals surface area (Å²) in [5, 5.41) is 3.68. The van der Waals surface area contributed by atoms with Crippen LogP contribution in [0.2, 0.25) is 0 Å². The number of ether oxygens (including phenoxy) is 1. The summed E-state index contributed by atoms with van der Waals surface area (Å²) in [4.78, 5) is 7.22. The summed E-state index contributed by atoms with van der Waals surface area (Å²) in [6, 6.07) is 0.538. The maximum atomic E-state index is 5.95. The fourth-order valence-corrected chi connectivity index (χ4v) is 3.77. The van der Waals surface area contributed by atoms with Gasteiger partial charge in [-0.15, -0.1) is 0 Å². The molecule has 2 fully saturated rings. The van der Waals surface area contributed by atoms with E-state index in [0.29, 0.717) is 6.04 Å². The third-order valence-corrected chi connectivity index (χ3v) is 5.09. The Hall–Kier alpha value is -0.870. The summed E-state index contributed by atoms with van der Waals surface area (Å²) in [7, 11) is 0. The van der Waals surface area contributed by atoms with Crippen molar-refractivity contribution in [3.05, 3.63) is 18.2 Å². The van der Waals surface area contributed by atoms with E-state index in [1.54, 1.807) is 6.33 Å². The first-order valence-electron chi connectivity index (χ1n) is 8.75. The highest BCUT2D eigenvalue weighted by atomic mass is 16.5. The predicted octanol–water partition coefficient (Wildman–Crippen LogP) is 3.58. The van der Waals surface area contributed by atoms with Crippen molar-refractivity contribution in [2.75, 3.05) is 13.2 Å². The van der Waals surface area contributed by atoms with E-state index in [-0.39, 0.29) is 6.10 Å². The minimum absolute atomic E-state index is 0.216. The van der Waals surface area contributed by atoms with Crippen LogP contribution in [0.3, 0.4) is 0 Å². The molecular formula is C17H29N3O. The molecule has 0 bridgehead atoms. The second-order valence-electron chi connectivity index (χ2n) is 6.70. The number of aromatic amines is 1. The third kappa shape index (κ3) is 4.55. The smallest absolute Gasteiger partial charge is 0.0989 e. The SMILES string of the molecule is c1ncc([C@@H]2CC[C@@H](NCCCC3CCCCC3)CO2)[nH]1. The molecule has 1 aliphatic heterocycles. The van der Waals surface area contributed by atoms with Gasteiger partial charge in [-0.2, -0.15) is 0 Å². The minimum atomic E-state index is 0.216. The molecule has 2 atom stereocenters. The highest BCUT2D eigenvalue weighted by molar-refractivity contribution is 5.01. The van der Waals surface area contributed by atoms with E-state index in [1.807, 2.05) is 6.20 Å². The summed E-state index contributed by atoms with van der Waals surface area (Å²) in [5.74, 6) is 1.01. The molecule has 3 rings (SSSR count). The minimum Gasteiger partial charge on any atom is -0.370 e. The number of H-pyrrole nitrogens is 1. The molecule has 2 N–H and O–H groups in total. The van der Waals surface area contributed by atoms with Gasteiger partial charge in [0.2, 0.25) is 0 Å². The Labute approximate surface area is 128 Å². The van der Waals surface area contributed by atoms with Gasteiger partial charge in [0.1, 0.15) is 0 Å². The average molecular weight is 291 g/mol. The molecule has 0 unspecified atom stereocenters. The highest BCUT2D eigenvalue weighted by Gasteiger charge is 2.23. The molecule has 0 amide bonds. The zero-order chi connectivity index (χ0) is 14.3. The van der Waals surface area contributed by atoms with E-state index in [0.717, 1.165) is 31.2 Å². The Kier molecular flexibility index (Phi) is 5.69. The number of imidazole rings is 1. The Bertz CT molecular complexity index is 379. The van der Waals surface area contributed by atoms with Crippen LogP contribution in [0.1, 0.15) is 69.6 Å². The Morgan fingerprint density at radius 2 is 2.10 bits per heavy atom. The molecule has 1 aromatic rings. The zero-order valence-electron chi connectivity index (χ0n) is 13.0. The second-order valence-corrected chi connectivity index (χ2v) is 6.70. The van der Waals surface area contributed by atoms with Gasteiger partial charge < -0.3 is 15.0 Å². The van der Waals surface area contributed by atoms with Gasteiger partial charge in [0.15, 0.2) is 0 Å². The lowest BCUT2D eigenvalue weighted by Gasteiger charge is -2.29. The van der Waals surface area contributed by atoms with E-state index < -0.39 is 0 Å². The highest BCUT2D eigenvalue weighted by Crippen LogP contribution is 2.28. The van der Waals surface area contributed by atoms with E-state index in [1.165, 1.54) is 51.4 Å². The van der Waals surface area contributed by atoms with Crippen LogP contribution in [0, 0.1) is 5.92 Å². The van der Waals surface area contributed by atoms with E-state index in [2.05, 4.69) is 15.3 Å². The van der Waals surface area contributed by atoms with Crippen LogP contribution >= 0.6 is 0 Å². The number of hydrogen-bond donors (Lipinski definition) is 2. The molecule has 1 aliphatic carbocycles. The molecule has 2 heterocycles. The van der Waals surface area contributed by atoms with Crippen molar-refractivity contribution in [3.8, 4) is 0 Å². The van der Waals surface area contributed by atoms with Crippen molar-refractivity contribution < 1.29 is 4.74 Å². The van der Waals surface area contributed by atoms with Gasteiger partial charge in [-0.3, -0.25) is 0 Å². The average Bonchev–Trinajstić information content (AvgIpc) is 3.08. The van der Waals surface area contributed by atoms with Crippen LogP contribution in [0.15, 0.2) is 12.5 Å². The van der Waals surface area contributed by atoms with E-state index in [9.17, 15) is 0 Å². The lowest BCUT2D eigenvalue weighted by Crippen LogP contribution is -2.38. The van der Waals surface area contributed by atoms with Gasteiger partial charge >= 0.3 is 0 Å². The summed E-state index contributed by atoms with van der Waals surface area (Å²) in [6.07, 6.45) is 16.2. The fourth-order valence-electron chi connectivity index (χ4n) is 3.77. The molecule has 0 radical (unpaired) electrons. The number of nitrogens with one attached hydrogen (secondary N) is 2. The Morgan fingerprint density at radius 1 is 1.19 bits per heavy atom. The van der Waals surface area contributed by atoms with Crippen molar-refractivity contribution in [1.82, 2.24) is 15.3 Å². The quantitative estimate of drug-likeness (QED) is 0.788. The molecule has 21 heavy (non-hydrogen) atoms. The maximum Gasteiger partial charge on any atom is 0.0989 e. The van der Waals surface area contributed by atoms with Gasteiger partial charge in [-0.05, 0) is 38.1 Å². The van der Waals surface area contributed by atoms with E-state index >= 15 is 0 Å². The number of hydrogen-bond acceptors (Lipinski definition) is 3. The predicted molar refractivity (Wildman–Crippen MR) is 84.1 cm³/mol. The van der Waals surface area contributed by atoms with Gasteiger partial charge in [-0.25, -0.2) is 4.98 Å². The summed E-state index contributed by atoms with van der Waals surface area (Å²) in [5.41, 5.74) is 1.12. The first-order chi connectivity index (χ1) is 10.4. The fraction of sp³-hybridized carbons (Fsp3) is 0.824. The molecule has 1 aromatic heterocycles. The summed E-state index contributed by atoms with van der Waals surface area (Å²) < 4.78 is 5.95. The normalized spacial score (nSPS) is 27.8. The Morgan fingerprint density at radius 3 is 2.81 bits per heavy atom. The molecule has 1 saturated heterocycles. The van der Waals surface area contributed by atoms with Crippen molar-refractivity contribution >= 4 is 0 Å². The second kappa shape index (κ2) is 7.95. The topological polar surface area (TPSA) is 49.9 Å². The van der Waals surface area contributed by atoms with Crippen LogP contribution in [0.5, 0.6) is 0 Å². The molecule has 2 aliphatic rings. The molecule has 0 aromatic carbocycles. The standard InChI is InChI=1S/C17H29N3O/c1-2-5-14(6-3-1)7-4-10-19-15-8-9-17(21-12-15)16-11-18-13-20-16/h11,13-15,17,19H,1-10,12H2,(H,18,20)/t15-,17+/m1/s1. The van der Waals surface area contributed by atoms with Crippen molar-refractivity contribution in [1.29, 1.82) is 0 Å². The van der Waals surface area contributed by atoms with Crippen molar-refractivity contribution in [2.24, 2.45) is 5.92 Å². The maximum absolute atomic E-state index is 5.95. The molecule has 4 nitrogen and oxygen atoms in total. The first-order valence-corrected chi connectivity index (χ1v) is 8.75. The van der Waals surface area contributed by atoms with Crippen LogP contribution in [-0.2, 0) is 4.74 Å². The van der Waals surface area contributed by atoms with E-state index in [4.69, 9.17) is 4.74 Å². The molecule has 0 spiro atoms. The summed E-state index contributed by atoms with van der Waals surface area (Å²) >= 11 is 0. The summed E-state index contributed by atoms with van der Waals surface area (Å²) in [6.45, 7) is 1.98. The van der Waals surface area contributed by atoms with Crippen molar-refractivity contribution in [3.63, 3.8) is 0 Å². The lowest BCUT2D eigenvalue weighted by atomic mass is 9.86. The van der Waals surface area contributed by atoms with Gasteiger partial charge in [-0.1, -0.05) is 32.1 Å². The van der Waals surface area contributed by atoms with Crippen LogP contribution in [-0.4, -0.2) is 29.2 Å². The van der Waals surface area contributed by atoms with Crippen LogP contribution < -0.4 is 5.32 Å².